The van der Waals surface area contributed by atoms with Crippen molar-refractivity contribution >= 4 is 41.1 Å². The molecule has 0 unspecified atom stereocenters. The van der Waals surface area contributed by atoms with Crippen LogP contribution in [-0.4, -0.2) is 64.8 Å². The second-order valence-electron chi connectivity index (χ2n) is 9.16. The van der Waals surface area contributed by atoms with Crippen molar-refractivity contribution in [2.45, 2.75) is 37.5 Å². The van der Waals surface area contributed by atoms with Gasteiger partial charge >= 0.3 is 6.03 Å². The van der Waals surface area contributed by atoms with Gasteiger partial charge < -0.3 is 20.4 Å². The van der Waals surface area contributed by atoms with Crippen molar-refractivity contribution in [3.63, 3.8) is 0 Å². The van der Waals surface area contributed by atoms with Crippen LogP contribution in [0.4, 0.5) is 10.6 Å². The average Bonchev–Trinajstić information content (AvgIpc) is 2.92. The molecule has 0 radical (unpaired) electrons. The number of hydrogen-bond donors (Lipinski definition) is 2. The summed E-state index contributed by atoms with van der Waals surface area (Å²) in [5.41, 5.74) is 2.20. The van der Waals surface area contributed by atoms with Crippen molar-refractivity contribution in [3.05, 3.63) is 83.0 Å². The second kappa shape index (κ2) is 13.5. The number of halogens is 1. The Morgan fingerprint density at radius 1 is 1.08 bits per heavy atom. The van der Waals surface area contributed by atoms with E-state index in [1.54, 1.807) is 6.07 Å². The highest BCUT2D eigenvalue weighted by Crippen LogP contribution is 2.25. The summed E-state index contributed by atoms with van der Waals surface area (Å²) in [6.07, 6.45) is 0.694. The van der Waals surface area contributed by atoms with Crippen LogP contribution in [0.3, 0.4) is 0 Å². The van der Waals surface area contributed by atoms with E-state index < -0.39 is 0 Å². The highest BCUT2D eigenvalue weighted by Gasteiger charge is 2.28. The quantitative estimate of drug-likeness (QED) is 0.230. The zero-order valence-electron chi connectivity index (χ0n) is 21.6. The fourth-order valence-corrected chi connectivity index (χ4v) is 5.38. The number of carbonyl (C=O) groups excluding carboxylic acids is 2. The maximum atomic E-state index is 13.0. The van der Waals surface area contributed by atoms with Crippen LogP contribution in [0.1, 0.15) is 31.0 Å². The predicted octanol–water partition coefficient (Wildman–Crippen LogP) is 4.56. The smallest absolute Gasteiger partial charge is 0.317 e. The Hall–Kier alpha value is -3.30. The topological polar surface area (TPSA) is 90.5 Å². The van der Waals surface area contributed by atoms with Crippen LogP contribution in [0.2, 0.25) is 5.15 Å². The van der Waals surface area contributed by atoms with Gasteiger partial charge in [-0.05, 0) is 31.4 Å². The number of rotatable bonds is 9. The molecular formula is C28H33ClN6O2S. The summed E-state index contributed by atoms with van der Waals surface area (Å²) in [7, 11) is 0. The van der Waals surface area contributed by atoms with Crippen molar-refractivity contribution in [1.82, 2.24) is 25.5 Å². The van der Waals surface area contributed by atoms with Gasteiger partial charge in [0, 0.05) is 38.3 Å². The molecule has 0 bridgehead atoms. The molecule has 2 heterocycles. The van der Waals surface area contributed by atoms with Gasteiger partial charge in [-0.1, -0.05) is 84.0 Å². The van der Waals surface area contributed by atoms with Gasteiger partial charge in [0.2, 0.25) is 5.91 Å². The lowest BCUT2D eigenvalue weighted by Crippen LogP contribution is -2.56. The molecule has 1 aromatic heterocycles. The number of thioether (sulfide) groups is 1. The summed E-state index contributed by atoms with van der Waals surface area (Å²) in [6.45, 7) is 6.38. The Morgan fingerprint density at radius 3 is 2.47 bits per heavy atom. The lowest BCUT2D eigenvalue weighted by molar-refractivity contribution is -0.119. The van der Waals surface area contributed by atoms with Crippen LogP contribution in [0, 0.1) is 0 Å². The highest BCUT2D eigenvalue weighted by molar-refractivity contribution is 7.99. The fraction of sp³-hybridized carbons (Fsp3) is 0.357. The van der Waals surface area contributed by atoms with E-state index in [2.05, 4.69) is 37.6 Å². The van der Waals surface area contributed by atoms with E-state index in [0.717, 1.165) is 11.1 Å². The zero-order chi connectivity index (χ0) is 26.9. The largest absolute Gasteiger partial charge is 0.353 e. The van der Waals surface area contributed by atoms with Crippen LogP contribution in [0.15, 0.2) is 71.9 Å². The summed E-state index contributed by atoms with van der Waals surface area (Å²) in [4.78, 5) is 38.2. The normalized spacial score (nSPS) is 16.1. The number of benzene rings is 2. The van der Waals surface area contributed by atoms with Crippen molar-refractivity contribution < 1.29 is 9.59 Å². The number of piperazine rings is 1. The van der Waals surface area contributed by atoms with Crippen LogP contribution >= 0.6 is 23.4 Å². The Balaban J connectivity index is 1.38. The first-order chi connectivity index (χ1) is 18.4. The lowest BCUT2D eigenvalue weighted by Gasteiger charge is -2.40. The number of amides is 3. The molecule has 10 heteroatoms. The molecule has 1 saturated heterocycles. The Labute approximate surface area is 233 Å². The molecule has 0 aliphatic carbocycles. The fourth-order valence-electron chi connectivity index (χ4n) is 4.49. The Morgan fingerprint density at radius 2 is 1.79 bits per heavy atom. The van der Waals surface area contributed by atoms with Crippen LogP contribution < -0.4 is 15.5 Å². The summed E-state index contributed by atoms with van der Waals surface area (Å²) in [5, 5.41) is 6.80. The monoisotopic (exact) mass is 552 g/mol. The maximum absolute atomic E-state index is 13.0. The molecule has 1 fully saturated rings. The number of nitrogens with one attached hydrogen (secondary N) is 2. The van der Waals surface area contributed by atoms with Crippen LogP contribution in [0.25, 0.3) is 0 Å². The van der Waals surface area contributed by atoms with Gasteiger partial charge in [-0.3, -0.25) is 4.79 Å². The standard InChI is InChI=1S/C28H33ClN6O2S/c1-3-30-28(37)35-15-14-34(18-20(35)2)25-17-24(29)32-27(33-25)38-19-26(36)31-23(22-12-8-5-9-13-22)16-21-10-6-4-7-11-21/h4-13,17,20,23H,3,14-16,18-19H2,1-2H3,(H,30,37)(H,31,36)/t20-,23+/m0/s1. The molecule has 1 aliphatic rings. The van der Waals surface area contributed by atoms with Crippen molar-refractivity contribution in [1.29, 1.82) is 0 Å². The number of nitrogens with zero attached hydrogens (tertiary/aromatic N) is 4. The van der Waals surface area contributed by atoms with Gasteiger partial charge in [0.1, 0.15) is 11.0 Å². The van der Waals surface area contributed by atoms with Crippen molar-refractivity contribution in [2.75, 3.05) is 36.8 Å². The molecule has 2 N–H and O–H groups in total. The lowest BCUT2D eigenvalue weighted by atomic mass is 9.99. The van der Waals surface area contributed by atoms with Crippen LogP contribution in [-0.2, 0) is 11.2 Å². The molecule has 4 rings (SSSR count). The highest BCUT2D eigenvalue weighted by atomic mass is 35.5. The zero-order valence-corrected chi connectivity index (χ0v) is 23.2. The third-order valence-corrected chi connectivity index (χ3v) is 7.39. The summed E-state index contributed by atoms with van der Waals surface area (Å²) < 4.78 is 0. The predicted molar refractivity (Wildman–Crippen MR) is 153 cm³/mol. The van der Waals surface area contributed by atoms with Gasteiger partial charge in [0.25, 0.3) is 0 Å². The molecule has 3 aromatic rings. The van der Waals surface area contributed by atoms with E-state index in [1.807, 2.05) is 67.3 Å². The Kier molecular flexibility index (Phi) is 9.84. The first-order valence-electron chi connectivity index (χ1n) is 12.8. The average molecular weight is 553 g/mol. The molecule has 38 heavy (non-hydrogen) atoms. The van der Waals surface area contributed by atoms with E-state index in [1.165, 1.54) is 11.8 Å². The Bertz CT molecular complexity index is 1220. The summed E-state index contributed by atoms with van der Waals surface area (Å²) >= 11 is 7.59. The van der Waals surface area contributed by atoms with E-state index in [0.29, 0.717) is 48.7 Å². The van der Waals surface area contributed by atoms with Gasteiger partial charge in [-0.25, -0.2) is 14.8 Å². The van der Waals surface area contributed by atoms with E-state index >= 15 is 0 Å². The molecular weight excluding hydrogens is 520 g/mol. The minimum absolute atomic E-state index is 0.0189. The third-order valence-electron chi connectivity index (χ3n) is 6.35. The number of carbonyl (C=O) groups is 2. The van der Waals surface area contributed by atoms with E-state index in [9.17, 15) is 9.59 Å². The van der Waals surface area contributed by atoms with Gasteiger partial charge in [0.15, 0.2) is 5.16 Å². The van der Waals surface area contributed by atoms with Gasteiger partial charge in [0.05, 0.1) is 11.8 Å². The first-order valence-corrected chi connectivity index (χ1v) is 14.1. The number of aromatic nitrogens is 2. The van der Waals surface area contributed by atoms with Gasteiger partial charge in [-0.15, -0.1) is 0 Å². The first kappa shape index (κ1) is 27.7. The molecule has 3 amide bonds. The minimum atomic E-state index is -0.148. The van der Waals surface area contributed by atoms with E-state index in [4.69, 9.17) is 11.6 Å². The van der Waals surface area contributed by atoms with E-state index in [-0.39, 0.29) is 29.8 Å². The second-order valence-corrected chi connectivity index (χ2v) is 10.5. The molecule has 0 spiro atoms. The summed E-state index contributed by atoms with van der Waals surface area (Å²) in [6, 6.07) is 21.6. The number of urea groups is 1. The van der Waals surface area contributed by atoms with Crippen LogP contribution in [0.5, 0.6) is 0 Å². The number of hydrogen-bond acceptors (Lipinski definition) is 6. The molecule has 8 nitrogen and oxygen atoms in total. The maximum Gasteiger partial charge on any atom is 0.317 e. The van der Waals surface area contributed by atoms with Crippen molar-refractivity contribution in [3.8, 4) is 0 Å². The van der Waals surface area contributed by atoms with Crippen molar-refractivity contribution in [2.24, 2.45) is 0 Å². The summed E-state index contributed by atoms with van der Waals surface area (Å²) in [5.74, 6) is 0.759. The molecule has 2 atom stereocenters. The molecule has 0 saturated carbocycles. The SMILES string of the molecule is CCNC(=O)N1CCN(c2cc(Cl)nc(SCC(=O)N[C@H](Cc3ccccc3)c3ccccc3)n2)C[C@@H]1C. The van der Waals surface area contributed by atoms with Gasteiger partial charge in [-0.2, -0.15) is 0 Å². The third kappa shape index (κ3) is 7.61. The molecule has 200 valence electrons. The molecule has 1 aliphatic heterocycles. The minimum Gasteiger partial charge on any atom is -0.353 e. The number of anilines is 1. The molecule has 2 aromatic carbocycles.